The summed E-state index contributed by atoms with van der Waals surface area (Å²) < 4.78 is 11.4. The third-order valence-corrected chi connectivity index (χ3v) is 4.27. The van der Waals surface area contributed by atoms with Crippen molar-refractivity contribution in [1.82, 2.24) is 9.55 Å². The van der Waals surface area contributed by atoms with Crippen LogP contribution in [0, 0.1) is 0 Å². The minimum absolute atomic E-state index is 0.00788. The summed E-state index contributed by atoms with van der Waals surface area (Å²) in [4.78, 5) is 27.8. The lowest BCUT2D eigenvalue weighted by molar-refractivity contribution is -0.0350. The molecular weight excluding hydrogens is 350 g/mol. The number of hydrogen-bond acceptors (Lipinski definition) is 8. The molecule has 1 fully saturated rings. The Morgan fingerprint density at radius 1 is 1.56 bits per heavy atom. The molecule has 1 aliphatic rings. The van der Waals surface area contributed by atoms with Gasteiger partial charge in [-0.1, -0.05) is 12.7 Å². The maximum Gasteiger partial charge on any atom is 0.412 e. The molecule has 0 saturated carbocycles. The van der Waals surface area contributed by atoms with E-state index in [1.807, 2.05) is 6.26 Å². The number of carbonyl (C=O) groups excluding carboxylic acids is 1. The van der Waals surface area contributed by atoms with Gasteiger partial charge in [-0.3, -0.25) is 9.88 Å². The first-order valence-electron chi connectivity index (χ1n) is 7.59. The minimum Gasteiger partial charge on any atom is -0.448 e. The fraction of sp³-hybridized carbons (Fsp3) is 0.533. The molecule has 1 amide bonds. The van der Waals surface area contributed by atoms with Crippen molar-refractivity contribution in [3.05, 3.63) is 28.8 Å². The topological polar surface area (TPSA) is 123 Å². The van der Waals surface area contributed by atoms with Gasteiger partial charge in [-0.25, -0.2) is 9.59 Å². The van der Waals surface area contributed by atoms with Crippen LogP contribution in [0.4, 0.5) is 10.6 Å². The van der Waals surface area contributed by atoms with Crippen LogP contribution in [0.1, 0.15) is 18.7 Å². The molecule has 1 aromatic heterocycles. The SMILES string of the molecule is C=Cc1cn([C@@H]2O[C@H](C)C(O)C2O)c(=O)nc1NC(=O)OCCSC. The van der Waals surface area contributed by atoms with Crippen LogP contribution in [0.3, 0.4) is 0 Å². The fourth-order valence-electron chi connectivity index (χ4n) is 2.32. The maximum atomic E-state index is 12.2. The molecule has 10 heteroatoms. The molecule has 25 heavy (non-hydrogen) atoms. The summed E-state index contributed by atoms with van der Waals surface area (Å²) in [7, 11) is 0. The second-order valence-corrected chi connectivity index (χ2v) is 6.39. The van der Waals surface area contributed by atoms with Crippen LogP contribution in [0.5, 0.6) is 0 Å². The molecule has 0 aromatic carbocycles. The Hall–Kier alpha value is -1.88. The van der Waals surface area contributed by atoms with Gasteiger partial charge < -0.3 is 19.7 Å². The predicted molar refractivity (Wildman–Crippen MR) is 93.5 cm³/mol. The lowest BCUT2D eigenvalue weighted by Gasteiger charge is -2.18. The van der Waals surface area contributed by atoms with Crippen molar-refractivity contribution >= 4 is 29.7 Å². The molecule has 1 aliphatic heterocycles. The number of amides is 1. The van der Waals surface area contributed by atoms with Crippen LogP contribution in [0.25, 0.3) is 6.08 Å². The van der Waals surface area contributed by atoms with E-state index in [-0.39, 0.29) is 12.4 Å². The van der Waals surface area contributed by atoms with Gasteiger partial charge in [-0.15, -0.1) is 0 Å². The Kier molecular flexibility index (Phi) is 6.59. The number of aromatic nitrogens is 2. The zero-order chi connectivity index (χ0) is 18.6. The number of aliphatic hydroxyl groups is 2. The molecule has 2 rings (SSSR count). The molecule has 1 aromatic rings. The first-order valence-corrected chi connectivity index (χ1v) is 8.98. The Balaban J connectivity index is 2.22. The van der Waals surface area contributed by atoms with Crippen LogP contribution in [0.2, 0.25) is 0 Å². The molecule has 0 bridgehead atoms. The number of nitrogens with zero attached hydrogens (tertiary/aromatic N) is 2. The van der Waals surface area contributed by atoms with Gasteiger partial charge in [0.25, 0.3) is 0 Å². The highest BCUT2D eigenvalue weighted by Crippen LogP contribution is 2.28. The van der Waals surface area contributed by atoms with E-state index in [1.165, 1.54) is 24.0 Å². The minimum atomic E-state index is -1.28. The number of ether oxygens (including phenoxy) is 2. The summed E-state index contributed by atoms with van der Waals surface area (Å²) in [5.41, 5.74) is -0.415. The molecule has 9 nitrogen and oxygen atoms in total. The van der Waals surface area contributed by atoms with Crippen molar-refractivity contribution in [1.29, 1.82) is 0 Å². The molecule has 1 saturated heterocycles. The smallest absolute Gasteiger partial charge is 0.412 e. The maximum absolute atomic E-state index is 12.2. The standard InChI is InChI=1S/C15H21N3O6S/c1-4-9-7-18(13-11(20)10(19)8(2)24-13)14(21)16-12(9)17-15(22)23-5-6-25-3/h4,7-8,10-11,13,19-20H,1,5-6H2,2-3H3,(H,16,17,21,22)/t8-,10?,11?,13-/m1/s1. The Labute approximate surface area is 148 Å². The average molecular weight is 371 g/mol. The predicted octanol–water partition coefficient (Wildman–Crippen LogP) is 0.437. The van der Waals surface area contributed by atoms with Crippen molar-refractivity contribution in [2.24, 2.45) is 0 Å². The monoisotopic (exact) mass is 371 g/mol. The second-order valence-electron chi connectivity index (χ2n) is 5.41. The third kappa shape index (κ3) is 4.40. The zero-order valence-electron chi connectivity index (χ0n) is 13.9. The number of carbonyl (C=O) groups is 1. The quantitative estimate of drug-likeness (QED) is 0.616. The molecule has 2 heterocycles. The highest BCUT2D eigenvalue weighted by Gasteiger charge is 2.42. The Morgan fingerprint density at radius 2 is 2.28 bits per heavy atom. The number of aliphatic hydroxyl groups excluding tert-OH is 2. The molecular formula is C15H21N3O6S. The molecule has 4 atom stereocenters. The summed E-state index contributed by atoms with van der Waals surface area (Å²) in [5.74, 6) is 0.639. The zero-order valence-corrected chi connectivity index (χ0v) is 14.7. The number of nitrogens with one attached hydrogen (secondary N) is 1. The van der Waals surface area contributed by atoms with Gasteiger partial charge in [-0.2, -0.15) is 16.7 Å². The highest BCUT2D eigenvalue weighted by molar-refractivity contribution is 7.98. The molecule has 2 unspecified atom stereocenters. The summed E-state index contributed by atoms with van der Waals surface area (Å²) >= 11 is 1.53. The highest BCUT2D eigenvalue weighted by atomic mass is 32.2. The average Bonchev–Trinajstić information content (AvgIpc) is 2.83. The molecule has 3 N–H and O–H groups in total. The summed E-state index contributed by atoms with van der Waals surface area (Å²) in [6.45, 7) is 5.43. The summed E-state index contributed by atoms with van der Waals surface area (Å²) in [6, 6.07) is 0. The number of hydrogen-bond donors (Lipinski definition) is 3. The van der Waals surface area contributed by atoms with Gasteiger partial charge in [0.05, 0.1) is 6.10 Å². The van der Waals surface area contributed by atoms with E-state index in [0.29, 0.717) is 11.3 Å². The van der Waals surface area contributed by atoms with E-state index < -0.39 is 36.3 Å². The van der Waals surface area contributed by atoms with Gasteiger partial charge in [0, 0.05) is 17.5 Å². The van der Waals surface area contributed by atoms with E-state index in [4.69, 9.17) is 9.47 Å². The van der Waals surface area contributed by atoms with Gasteiger partial charge in [-0.05, 0) is 13.2 Å². The number of rotatable bonds is 6. The van der Waals surface area contributed by atoms with Crippen molar-refractivity contribution in [3.8, 4) is 0 Å². The van der Waals surface area contributed by atoms with Crippen LogP contribution in [-0.4, -0.2) is 62.8 Å². The molecule has 138 valence electrons. The van der Waals surface area contributed by atoms with Crippen LogP contribution in [0.15, 0.2) is 17.6 Å². The first kappa shape index (κ1) is 19.4. The summed E-state index contributed by atoms with van der Waals surface area (Å²) in [5, 5.41) is 22.2. The number of anilines is 1. The van der Waals surface area contributed by atoms with Crippen LogP contribution >= 0.6 is 11.8 Å². The van der Waals surface area contributed by atoms with Crippen molar-refractivity contribution in [2.75, 3.05) is 23.9 Å². The van der Waals surface area contributed by atoms with Gasteiger partial charge in [0.15, 0.2) is 6.23 Å². The van der Waals surface area contributed by atoms with E-state index >= 15 is 0 Å². The Morgan fingerprint density at radius 3 is 2.84 bits per heavy atom. The Bertz CT molecular complexity index is 694. The molecule has 0 radical (unpaired) electrons. The van der Waals surface area contributed by atoms with Crippen molar-refractivity contribution in [3.63, 3.8) is 0 Å². The van der Waals surface area contributed by atoms with Gasteiger partial charge >= 0.3 is 11.8 Å². The lowest BCUT2D eigenvalue weighted by Crippen LogP contribution is -2.36. The third-order valence-electron chi connectivity index (χ3n) is 3.69. The van der Waals surface area contributed by atoms with Gasteiger partial charge in [0.2, 0.25) is 0 Å². The van der Waals surface area contributed by atoms with E-state index in [9.17, 15) is 19.8 Å². The van der Waals surface area contributed by atoms with Crippen LogP contribution < -0.4 is 11.0 Å². The summed E-state index contributed by atoms with van der Waals surface area (Å²) in [6.07, 6.45) is -0.219. The fourth-order valence-corrected chi connectivity index (χ4v) is 2.57. The lowest BCUT2D eigenvalue weighted by atomic mass is 10.1. The molecule has 0 aliphatic carbocycles. The van der Waals surface area contributed by atoms with Gasteiger partial charge in [0.1, 0.15) is 24.6 Å². The largest absolute Gasteiger partial charge is 0.448 e. The van der Waals surface area contributed by atoms with Crippen molar-refractivity contribution < 1.29 is 24.5 Å². The van der Waals surface area contributed by atoms with Crippen molar-refractivity contribution in [2.45, 2.75) is 31.5 Å². The number of thioether (sulfide) groups is 1. The first-order chi connectivity index (χ1) is 11.9. The second kappa shape index (κ2) is 8.48. The molecule has 0 spiro atoms. The van der Waals surface area contributed by atoms with E-state index in [2.05, 4.69) is 16.9 Å². The van der Waals surface area contributed by atoms with E-state index in [1.54, 1.807) is 6.92 Å². The van der Waals surface area contributed by atoms with Crippen LogP contribution in [-0.2, 0) is 9.47 Å². The normalized spacial score (nSPS) is 25.6. The van der Waals surface area contributed by atoms with E-state index in [0.717, 1.165) is 4.57 Å².